The van der Waals surface area contributed by atoms with Crippen LogP contribution in [0.1, 0.15) is 2.85 Å². The second-order valence-electron chi connectivity index (χ2n) is 3.88. The molecule has 0 amide bonds. The third-order valence-corrected chi connectivity index (χ3v) is 9.37. The van der Waals surface area contributed by atoms with Gasteiger partial charge in [0.2, 0.25) is 0 Å². The minimum absolute atomic E-state index is 0. The number of hydrogen-bond donors (Lipinski definition) is 0. The van der Waals surface area contributed by atoms with Crippen LogP contribution >= 0.6 is 0 Å². The van der Waals surface area contributed by atoms with Crippen LogP contribution in [0.4, 0.5) is 0 Å². The Kier molecular flexibility index (Phi) is 7.93. The van der Waals surface area contributed by atoms with Crippen molar-refractivity contribution in [2.75, 3.05) is 7.05 Å². The number of nitrogens with zero attached hydrogens (tertiary/aromatic N) is 1. The largest absolute Gasteiger partial charge is 2.00 e. The second kappa shape index (κ2) is 5.51. The van der Waals surface area contributed by atoms with Crippen LogP contribution in [0, 0.1) is 0 Å². The van der Waals surface area contributed by atoms with Gasteiger partial charge in [-0.2, -0.15) is 0 Å². The van der Waals surface area contributed by atoms with Gasteiger partial charge in [0.15, 0.2) is 0 Å². The van der Waals surface area contributed by atoms with Crippen LogP contribution in [0.3, 0.4) is 0 Å². The van der Waals surface area contributed by atoms with E-state index < -0.39 is 17.2 Å². The average molecular weight is 251 g/mol. The standard InChI is InChI=1S/C6H19NSi2.Sr.2H/c1-7(8(2)3)9(4,5)6;;;/h8H,1-6H3;;;/q;+2;2*-1. The Morgan fingerprint density at radius 2 is 1.50 bits per heavy atom. The summed E-state index contributed by atoms with van der Waals surface area (Å²) in [6.07, 6.45) is 0. The molecule has 10 heavy (non-hydrogen) atoms. The molecule has 0 radical (unpaired) electrons. The van der Waals surface area contributed by atoms with Crippen LogP contribution in [0.5, 0.6) is 0 Å². The summed E-state index contributed by atoms with van der Waals surface area (Å²) >= 11 is 0. The van der Waals surface area contributed by atoms with Crippen molar-refractivity contribution in [3.05, 3.63) is 0 Å². The monoisotopic (exact) mass is 251 g/mol. The molecule has 0 N–H and O–H groups in total. The van der Waals surface area contributed by atoms with E-state index in [0.29, 0.717) is 0 Å². The van der Waals surface area contributed by atoms with Crippen molar-refractivity contribution in [3.63, 3.8) is 0 Å². The Morgan fingerprint density at radius 1 is 1.20 bits per heavy atom. The molecule has 0 heterocycles. The fraction of sp³-hybridized carbons (Fsp3) is 1.00. The van der Waals surface area contributed by atoms with E-state index in [1.54, 1.807) is 0 Å². The van der Waals surface area contributed by atoms with Crippen molar-refractivity contribution in [3.8, 4) is 0 Å². The van der Waals surface area contributed by atoms with E-state index in [9.17, 15) is 0 Å². The van der Waals surface area contributed by atoms with E-state index in [2.05, 4.69) is 44.0 Å². The minimum atomic E-state index is -0.929. The molecule has 0 atom stereocenters. The molecule has 0 fully saturated rings. The smallest absolute Gasteiger partial charge is 1.00 e. The van der Waals surface area contributed by atoms with Gasteiger partial charge in [-0.1, -0.05) is 32.7 Å². The van der Waals surface area contributed by atoms with Crippen LogP contribution in [-0.4, -0.2) is 74.0 Å². The molecule has 0 aromatic rings. The van der Waals surface area contributed by atoms with Crippen LogP contribution in [0.2, 0.25) is 32.7 Å². The van der Waals surface area contributed by atoms with Crippen LogP contribution < -0.4 is 0 Å². The molecule has 0 spiro atoms. The Bertz CT molecular complexity index is 98.0. The zero-order valence-corrected chi connectivity index (χ0v) is 13.9. The van der Waals surface area contributed by atoms with Crippen LogP contribution in [-0.2, 0) is 0 Å². The summed E-state index contributed by atoms with van der Waals surface area (Å²) in [6, 6.07) is 0. The molecule has 60 valence electrons. The average Bonchev–Trinajstić information content (AvgIpc) is 1.62. The van der Waals surface area contributed by atoms with Gasteiger partial charge < -0.3 is 7.08 Å². The van der Waals surface area contributed by atoms with Gasteiger partial charge in [0.25, 0.3) is 0 Å². The van der Waals surface area contributed by atoms with Gasteiger partial charge in [-0.25, -0.2) is 0 Å². The second-order valence-corrected chi connectivity index (χ2v) is 12.4. The van der Waals surface area contributed by atoms with Crippen LogP contribution in [0.25, 0.3) is 0 Å². The van der Waals surface area contributed by atoms with E-state index >= 15 is 0 Å². The molecule has 0 saturated heterocycles. The van der Waals surface area contributed by atoms with Crippen molar-refractivity contribution in [2.45, 2.75) is 32.7 Å². The topological polar surface area (TPSA) is 3.24 Å². The molecule has 0 rings (SSSR count). The fourth-order valence-corrected chi connectivity index (χ4v) is 6.97. The van der Waals surface area contributed by atoms with Crippen molar-refractivity contribution in [1.82, 2.24) is 4.23 Å². The molecule has 4 heteroatoms. The van der Waals surface area contributed by atoms with Crippen molar-refractivity contribution >= 4 is 62.7 Å². The number of rotatable bonds is 2. The first-order chi connectivity index (χ1) is 3.85. The van der Waals surface area contributed by atoms with Gasteiger partial charge in [-0.05, 0) is 7.05 Å². The summed E-state index contributed by atoms with van der Waals surface area (Å²) in [7, 11) is 0.858. The van der Waals surface area contributed by atoms with E-state index in [1.165, 1.54) is 0 Å². The van der Waals surface area contributed by atoms with Gasteiger partial charge in [0, 0.05) is 0 Å². The molecule has 0 aliphatic carbocycles. The first-order valence-electron chi connectivity index (χ1n) is 3.58. The van der Waals surface area contributed by atoms with E-state index in [1.807, 2.05) is 0 Å². The summed E-state index contributed by atoms with van der Waals surface area (Å²) in [6.45, 7) is 12.0. The predicted octanol–water partition coefficient (Wildman–Crippen LogP) is 1.58. The van der Waals surface area contributed by atoms with Crippen molar-refractivity contribution < 1.29 is 2.85 Å². The van der Waals surface area contributed by atoms with Gasteiger partial charge >= 0.3 is 45.5 Å². The van der Waals surface area contributed by atoms with Gasteiger partial charge in [-0.3, -0.25) is 0 Å². The third kappa shape index (κ3) is 5.52. The number of hydrogen-bond acceptors (Lipinski definition) is 1. The Labute approximate surface area is 108 Å². The maximum absolute atomic E-state index is 2.63. The first-order valence-corrected chi connectivity index (χ1v) is 9.86. The first kappa shape index (κ1) is 14.4. The Morgan fingerprint density at radius 3 is 1.50 bits per heavy atom. The van der Waals surface area contributed by atoms with Crippen LogP contribution in [0.15, 0.2) is 0 Å². The molecule has 0 aromatic carbocycles. The molecule has 0 saturated carbocycles. The maximum Gasteiger partial charge on any atom is 2.00 e. The minimum Gasteiger partial charge on any atom is -1.00 e. The fourth-order valence-electron chi connectivity index (χ4n) is 0.775. The summed E-state index contributed by atoms with van der Waals surface area (Å²) in [5.41, 5.74) is 0. The summed E-state index contributed by atoms with van der Waals surface area (Å²) in [5.74, 6) is 0. The van der Waals surface area contributed by atoms with Gasteiger partial charge in [0.05, 0.1) is 8.96 Å². The van der Waals surface area contributed by atoms with E-state index in [0.717, 1.165) is 0 Å². The Hall–Kier alpha value is 1.87. The molecule has 0 unspecified atom stereocenters. The Balaban J connectivity index is -0.000000107. The zero-order chi connectivity index (χ0) is 7.65. The summed E-state index contributed by atoms with van der Waals surface area (Å²) < 4.78 is 2.63. The van der Waals surface area contributed by atoms with Gasteiger partial charge in [0.1, 0.15) is 8.24 Å². The third-order valence-electron chi connectivity index (χ3n) is 1.83. The van der Waals surface area contributed by atoms with Crippen molar-refractivity contribution in [2.24, 2.45) is 0 Å². The van der Waals surface area contributed by atoms with Gasteiger partial charge in [-0.15, -0.1) is 0 Å². The molecule has 0 aliphatic rings. The quantitative estimate of drug-likeness (QED) is 0.673. The zero-order valence-electron chi connectivity index (χ0n) is 10.2. The van der Waals surface area contributed by atoms with Crippen molar-refractivity contribution in [1.29, 1.82) is 0 Å². The molecular formula is C6H21NSi2Sr. The normalized spacial score (nSPS) is 12.0. The molecule has 0 aromatic heterocycles. The van der Waals surface area contributed by atoms with E-state index in [4.69, 9.17) is 0 Å². The molecule has 0 aliphatic heterocycles. The van der Waals surface area contributed by atoms with E-state index in [-0.39, 0.29) is 48.3 Å². The summed E-state index contributed by atoms with van der Waals surface area (Å²) in [4.78, 5) is 0. The SMILES string of the molecule is CN([SiH](C)C)[Si](C)(C)C.[H-].[H-].[Sr+2]. The maximum atomic E-state index is 2.63. The predicted molar refractivity (Wildman–Crippen MR) is 58.0 cm³/mol. The molecule has 0 bridgehead atoms. The molecule has 1 nitrogen and oxygen atoms in total. The molecular weight excluding hydrogens is 230 g/mol. The summed E-state index contributed by atoms with van der Waals surface area (Å²) in [5, 5.41) is 0.